The van der Waals surface area contributed by atoms with E-state index in [1.54, 1.807) is 0 Å². The molecule has 0 saturated carbocycles. The topological polar surface area (TPSA) is 89.8 Å². The molecule has 0 rings (SSSR count). The van der Waals surface area contributed by atoms with Crippen molar-refractivity contribution in [2.45, 2.75) is 6.04 Å². The van der Waals surface area contributed by atoms with Gasteiger partial charge in [0.15, 0.2) is 0 Å². The van der Waals surface area contributed by atoms with Crippen LogP contribution in [0.2, 0.25) is 0 Å². The third-order valence-corrected chi connectivity index (χ3v) is 1.23. The lowest BCUT2D eigenvalue weighted by atomic mass is 10.3. The van der Waals surface area contributed by atoms with Crippen molar-refractivity contribution >= 4 is 5.97 Å². The minimum atomic E-state index is -1.01. The van der Waals surface area contributed by atoms with E-state index < -0.39 is 5.97 Å². The number of carboxylic acid groups (broad SMARTS) is 1. The standard InChI is InChI=1S/C7H13NO4/c9-4-6(5-10)8-3-1-2-7(11)12/h1-2,6,8-10H,3-5H2,(H,11,12)/b2-1+. The first-order chi connectivity index (χ1) is 5.70. The van der Waals surface area contributed by atoms with Gasteiger partial charge in [0.2, 0.25) is 0 Å². The van der Waals surface area contributed by atoms with Crippen LogP contribution in [0.3, 0.4) is 0 Å². The molecule has 0 amide bonds. The maximum absolute atomic E-state index is 9.97. The van der Waals surface area contributed by atoms with Crippen LogP contribution in [0.1, 0.15) is 0 Å². The van der Waals surface area contributed by atoms with Gasteiger partial charge in [0.05, 0.1) is 19.3 Å². The Morgan fingerprint density at radius 3 is 2.42 bits per heavy atom. The van der Waals surface area contributed by atoms with Gasteiger partial charge in [0.1, 0.15) is 0 Å². The Hall–Kier alpha value is -0.910. The SMILES string of the molecule is O=C(O)/C=C/CNC(CO)CO. The Kier molecular flexibility index (Phi) is 6.26. The van der Waals surface area contributed by atoms with Gasteiger partial charge in [-0.1, -0.05) is 6.08 Å². The van der Waals surface area contributed by atoms with E-state index in [1.807, 2.05) is 0 Å². The van der Waals surface area contributed by atoms with Crippen molar-refractivity contribution in [1.29, 1.82) is 0 Å². The second-order valence-electron chi connectivity index (χ2n) is 2.21. The van der Waals surface area contributed by atoms with E-state index in [0.717, 1.165) is 6.08 Å². The van der Waals surface area contributed by atoms with Gasteiger partial charge in [-0.3, -0.25) is 0 Å². The van der Waals surface area contributed by atoms with Crippen LogP contribution in [-0.2, 0) is 4.79 Å². The molecule has 0 bridgehead atoms. The van der Waals surface area contributed by atoms with Gasteiger partial charge >= 0.3 is 5.97 Å². The molecule has 0 spiro atoms. The molecule has 0 atom stereocenters. The molecule has 0 aliphatic heterocycles. The molecular formula is C7H13NO4. The van der Waals surface area contributed by atoms with E-state index in [9.17, 15) is 4.79 Å². The maximum atomic E-state index is 9.97. The lowest BCUT2D eigenvalue weighted by Gasteiger charge is -2.10. The number of rotatable bonds is 6. The van der Waals surface area contributed by atoms with Gasteiger partial charge in [-0.05, 0) is 0 Å². The first-order valence-electron chi connectivity index (χ1n) is 3.55. The average Bonchev–Trinajstić information content (AvgIpc) is 2.04. The molecule has 5 heteroatoms. The smallest absolute Gasteiger partial charge is 0.328 e. The highest BCUT2D eigenvalue weighted by atomic mass is 16.4. The third kappa shape index (κ3) is 5.84. The molecule has 5 nitrogen and oxygen atoms in total. The van der Waals surface area contributed by atoms with Crippen LogP contribution >= 0.6 is 0 Å². The van der Waals surface area contributed by atoms with Crippen molar-refractivity contribution < 1.29 is 20.1 Å². The Labute approximate surface area is 70.3 Å². The Balaban J connectivity index is 3.47. The minimum Gasteiger partial charge on any atom is -0.478 e. The van der Waals surface area contributed by atoms with Crippen molar-refractivity contribution in [3.8, 4) is 0 Å². The molecule has 0 aliphatic rings. The van der Waals surface area contributed by atoms with E-state index in [0.29, 0.717) is 6.54 Å². The fourth-order valence-electron chi connectivity index (χ4n) is 0.581. The summed E-state index contributed by atoms with van der Waals surface area (Å²) in [6, 6.07) is -0.386. The summed E-state index contributed by atoms with van der Waals surface area (Å²) in [4.78, 5) is 9.97. The first kappa shape index (κ1) is 11.1. The number of aliphatic hydroxyl groups is 2. The fraction of sp³-hybridized carbons (Fsp3) is 0.571. The summed E-state index contributed by atoms with van der Waals surface area (Å²) in [7, 11) is 0. The maximum Gasteiger partial charge on any atom is 0.328 e. The summed E-state index contributed by atoms with van der Waals surface area (Å²) in [5.41, 5.74) is 0. The summed E-state index contributed by atoms with van der Waals surface area (Å²) in [6.07, 6.45) is 2.40. The van der Waals surface area contributed by atoms with Gasteiger partial charge < -0.3 is 20.6 Å². The summed E-state index contributed by atoms with van der Waals surface area (Å²) in [5, 5.41) is 28.0. The van der Waals surface area contributed by atoms with E-state index in [1.165, 1.54) is 6.08 Å². The van der Waals surface area contributed by atoms with E-state index in [2.05, 4.69) is 5.32 Å². The van der Waals surface area contributed by atoms with Crippen molar-refractivity contribution in [3.05, 3.63) is 12.2 Å². The molecule has 12 heavy (non-hydrogen) atoms. The summed E-state index contributed by atoms with van der Waals surface area (Å²) in [6.45, 7) is -0.0209. The Bertz CT molecular complexity index is 153. The molecule has 0 unspecified atom stereocenters. The van der Waals surface area contributed by atoms with Crippen LogP contribution in [0.4, 0.5) is 0 Å². The highest BCUT2D eigenvalue weighted by molar-refractivity contribution is 5.79. The Morgan fingerprint density at radius 1 is 1.42 bits per heavy atom. The van der Waals surface area contributed by atoms with Gasteiger partial charge in [-0.2, -0.15) is 0 Å². The van der Waals surface area contributed by atoms with Crippen molar-refractivity contribution in [1.82, 2.24) is 5.32 Å². The summed E-state index contributed by atoms with van der Waals surface area (Å²) < 4.78 is 0. The normalized spacial score (nSPS) is 11.2. The molecule has 0 fully saturated rings. The molecule has 0 aliphatic carbocycles. The zero-order valence-corrected chi connectivity index (χ0v) is 6.60. The molecule has 4 N–H and O–H groups in total. The molecule has 0 radical (unpaired) electrons. The molecule has 0 aromatic heterocycles. The highest BCUT2D eigenvalue weighted by Gasteiger charge is 2.01. The lowest BCUT2D eigenvalue weighted by Crippen LogP contribution is -2.35. The van der Waals surface area contributed by atoms with E-state index in [-0.39, 0.29) is 19.3 Å². The second kappa shape index (κ2) is 6.78. The monoisotopic (exact) mass is 175 g/mol. The average molecular weight is 175 g/mol. The van der Waals surface area contributed by atoms with Crippen LogP contribution in [-0.4, -0.2) is 47.1 Å². The zero-order chi connectivity index (χ0) is 9.40. The molecule has 70 valence electrons. The Morgan fingerprint density at radius 2 is 2.00 bits per heavy atom. The van der Waals surface area contributed by atoms with Gasteiger partial charge in [0, 0.05) is 12.6 Å². The number of aliphatic hydroxyl groups excluding tert-OH is 2. The fourth-order valence-corrected chi connectivity index (χ4v) is 0.581. The number of carbonyl (C=O) groups is 1. The van der Waals surface area contributed by atoms with Gasteiger partial charge in [-0.15, -0.1) is 0 Å². The predicted molar refractivity (Wildman–Crippen MR) is 42.7 cm³/mol. The number of hydrogen-bond acceptors (Lipinski definition) is 4. The van der Waals surface area contributed by atoms with Crippen molar-refractivity contribution in [2.75, 3.05) is 19.8 Å². The number of hydrogen-bond donors (Lipinski definition) is 4. The van der Waals surface area contributed by atoms with Crippen LogP contribution in [0.5, 0.6) is 0 Å². The number of nitrogens with one attached hydrogen (secondary N) is 1. The largest absolute Gasteiger partial charge is 0.478 e. The minimum absolute atomic E-state index is 0.169. The third-order valence-electron chi connectivity index (χ3n) is 1.23. The van der Waals surface area contributed by atoms with Gasteiger partial charge in [-0.25, -0.2) is 4.79 Å². The second-order valence-corrected chi connectivity index (χ2v) is 2.21. The van der Waals surface area contributed by atoms with E-state index >= 15 is 0 Å². The summed E-state index contributed by atoms with van der Waals surface area (Å²) in [5.74, 6) is -1.01. The molecule has 0 saturated heterocycles. The molecule has 0 heterocycles. The molecule has 0 aromatic rings. The van der Waals surface area contributed by atoms with E-state index in [4.69, 9.17) is 15.3 Å². The quantitative estimate of drug-likeness (QED) is 0.372. The van der Waals surface area contributed by atoms with Gasteiger partial charge in [0.25, 0.3) is 0 Å². The molecule has 0 aromatic carbocycles. The highest BCUT2D eigenvalue weighted by Crippen LogP contribution is 1.79. The number of carboxylic acids is 1. The molecular weight excluding hydrogens is 162 g/mol. The first-order valence-corrected chi connectivity index (χ1v) is 3.55. The summed E-state index contributed by atoms with van der Waals surface area (Å²) >= 11 is 0. The predicted octanol–water partition coefficient (Wildman–Crippen LogP) is -1.43. The van der Waals surface area contributed by atoms with Crippen molar-refractivity contribution in [3.63, 3.8) is 0 Å². The lowest BCUT2D eigenvalue weighted by molar-refractivity contribution is -0.131. The number of aliphatic carboxylic acids is 1. The zero-order valence-electron chi connectivity index (χ0n) is 6.60. The van der Waals surface area contributed by atoms with Crippen LogP contribution < -0.4 is 5.32 Å². The van der Waals surface area contributed by atoms with Crippen LogP contribution in [0, 0.1) is 0 Å². The van der Waals surface area contributed by atoms with Crippen LogP contribution in [0.15, 0.2) is 12.2 Å². The van der Waals surface area contributed by atoms with Crippen LogP contribution in [0.25, 0.3) is 0 Å². The van der Waals surface area contributed by atoms with Crippen molar-refractivity contribution in [2.24, 2.45) is 0 Å².